The minimum Gasteiger partial charge on any atom is -0.508 e. The van der Waals surface area contributed by atoms with Gasteiger partial charge in [-0.2, -0.15) is 0 Å². The zero-order chi connectivity index (χ0) is 26.7. The number of carboxylic acids is 1. The number of aromatic nitrogens is 1. The van der Waals surface area contributed by atoms with E-state index in [0.29, 0.717) is 27.6 Å². The average molecular weight is 502 g/mol. The summed E-state index contributed by atoms with van der Waals surface area (Å²) in [6, 6.07) is 15.7. The molecular weight excluding hydrogens is 479 g/mol. The molecule has 1 aromatic heterocycles. The number of carbonyl (C=O) groups excluding carboxylic acids is 2. The van der Waals surface area contributed by atoms with Crippen molar-refractivity contribution in [2.24, 2.45) is 0 Å². The van der Waals surface area contributed by atoms with E-state index in [1.165, 1.54) is 25.3 Å². The van der Waals surface area contributed by atoms with Crippen LogP contribution >= 0.6 is 0 Å². The van der Waals surface area contributed by atoms with Crippen LogP contribution in [0.25, 0.3) is 22.0 Å². The molecule has 0 saturated carbocycles. The number of aromatic hydroxyl groups is 1. The molecule has 3 N–H and O–H groups in total. The van der Waals surface area contributed by atoms with Crippen molar-refractivity contribution in [2.45, 2.75) is 19.4 Å². The number of aromatic carboxylic acids is 1. The van der Waals surface area contributed by atoms with Crippen molar-refractivity contribution in [2.75, 3.05) is 7.11 Å². The van der Waals surface area contributed by atoms with E-state index in [-0.39, 0.29) is 34.8 Å². The predicted molar refractivity (Wildman–Crippen MR) is 134 cm³/mol. The number of pyridine rings is 1. The maximum absolute atomic E-state index is 13.7. The standard InChI is InChI=1S/C28H23FN2O6/c1-15-11-17(5-9-22(15)29)18-6-10-23-20(13-18)21(27(34)35)14-24(30-23)26(33)31-25(28(36)37-2)12-16-3-7-19(32)8-4-16/h3-11,13-14,25,32H,12H2,1-2H3,(H,31,33)(H,34,35). The summed E-state index contributed by atoms with van der Waals surface area (Å²) in [6.45, 7) is 1.64. The zero-order valence-corrected chi connectivity index (χ0v) is 20.0. The van der Waals surface area contributed by atoms with Gasteiger partial charge in [-0.1, -0.05) is 24.3 Å². The molecule has 0 aliphatic heterocycles. The fourth-order valence-electron chi connectivity index (χ4n) is 3.96. The minimum absolute atomic E-state index is 0.0571. The van der Waals surface area contributed by atoms with E-state index in [9.17, 15) is 29.0 Å². The summed E-state index contributed by atoms with van der Waals surface area (Å²) in [5.41, 5.74) is 2.41. The molecule has 0 aliphatic rings. The number of carboxylic acid groups (broad SMARTS) is 1. The van der Waals surface area contributed by atoms with Crippen molar-refractivity contribution in [1.29, 1.82) is 0 Å². The van der Waals surface area contributed by atoms with Crippen LogP contribution in [0.4, 0.5) is 4.39 Å². The number of amides is 1. The molecule has 4 aromatic rings. The third-order valence-corrected chi connectivity index (χ3v) is 5.93. The van der Waals surface area contributed by atoms with Crippen molar-refractivity contribution >= 4 is 28.7 Å². The first-order valence-electron chi connectivity index (χ1n) is 11.3. The van der Waals surface area contributed by atoms with Crippen molar-refractivity contribution in [3.8, 4) is 16.9 Å². The molecule has 1 unspecified atom stereocenters. The number of hydrogen-bond acceptors (Lipinski definition) is 6. The maximum Gasteiger partial charge on any atom is 0.336 e. The largest absolute Gasteiger partial charge is 0.508 e. The van der Waals surface area contributed by atoms with E-state index < -0.39 is 23.9 Å². The van der Waals surface area contributed by atoms with Gasteiger partial charge in [-0.05, 0) is 71.6 Å². The second kappa shape index (κ2) is 10.4. The molecule has 0 radical (unpaired) electrons. The van der Waals surface area contributed by atoms with Gasteiger partial charge in [-0.3, -0.25) is 4.79 Å². The van der Waals surface area contributed by atoms with Crippen molar-refractivity contribution in [3.05, 3.63) is 94.9 Å². The van der Waals surface area contributed by atoms with Gasteiger partial charge in [0.1, 0.15) is 23.3 Å². The van der Waals surface area contributed by atoms with E-state index in [2.05, 4.69) is 10.3 Å². The third-order valence-electron chi connectivity index (χ3n) is 5.93. The van der Waals surface area contributed by atoms with E-state index in [4.69, 9.17) is 4.74 Å². The maximum atomic E-state index is 13.7. The molecule has 4 rings (SSSR count). The Bertz CT molecular complexity index is 1520. The Morgan fingerprint density at radius 2 is 1.68 bits per heavy atom. The first-order valence-corrected chi connectivity index (χ1v) is 11.3. The number of benzene rings is 3. The molecule has 0 aliphatic carbocycles. The highest BCUT2D eigenvalue weighted by molar-refractivity contribution is 6.07. The van der Waals surface area contributed by atoms with Gasteiger partial charge >= 0.3 is 11.9 Å². The van der Waals surface area contributed by atoms with Crippen LogP contribution in [0, 0.1) is 12.7 Å². The van der Waals surface area contributed by atoms with Gasteiger partial charge < -0.3 is 20.3 Å². The number of nitrogens with one attached hydrogen (secondary N) is 1. The summed E-state index contributed by atoms with van der Waals surface area (Å²) in [4.78, 5) is 41.8. The molecule has 188 valence electrons. The highest BCUT2D eigenvalue weighted by atomic mass is 19.1. The van der Waals surface area contributed by atoms with E-state index in [1.54, 1.807) is 49.4 Å². The number of nitrogens with zero attached hydrogens (tertiary/aromatic N) is 1. The number of carbonyl (C=O) groups is 3. The zero-order valence-electron chi connectivity index (χ0n) is 20.0. The molecule has 3 aromatic carbocycles. The van der Waals surface area contributed by atoms with Crippen molar-refractivity contribution in [1.82, 2.24) is 10.3 Å². The van der Waals surface area contributed by atoms with E-state index in [0.717, 1.165) is 6.07 Å². The summed E-state index contributed by atoms with van der Waals surface area (Å²) in [5, 5.41) is 22.2. The van der Waals surface area contributed by atoms with Crippen LogP contribution in [0.5, 0.6) is 5.75 Å². The van der Waals surface area contributed by atoms with Crippen LogP contribution < -0.4 is 5.32 Å². The molecule has 0 bridgehead atoms. The summed E-state index contributed by atoms with van der Waals surface area (Å²) in [7, 11) is 1.19. The number of phenols is 1. The Morgan fingerprint density at radius 1 is 1.00 bits per heavy atom. The monoisotopic (exact) mass is 502 g/mol. The smallest absolute Gasteiger partial charge is 0.336 e. The first kappa shape index (κ1) is 25.3. The number of esters is 1. The highest BCUT2D eigenvalue weighted by Gasteiger charge is 2.25. The van der Waals surface area contributed by atoms with Gasteiger partial charge in [0.15, 0.2) is 0 Å². The Hall–Kier alpha value is -4.79. The van der Waals surface area contributed by atoms with Crippen LogP contribution in [0.3, 0.4) is 0 Å². The van der Waals surface area contributed by atoms with Gasteiger partial charge in [0, 0.05) is 11.8 Å². The molecule has 0 saturated heterocycles. The van der Waals surface area contributed by atoms with Gasteiger partial charge in [-0.15, -0.1) is 0 Å². The van der Waals surface area contributed by atoms with Crippen LogP contribution in [0.15, 0.2) is 66.7 Å². The third kappa shape index (κ3) is 5.56. The predicted octanol–water partition coefficient (Wildman–Crippen LogP) is 4.27. The van der Waals surface area contributed by atoms with Crippen LogP contribution in [-0.2, 0) is 16.0 Å². The summed E-state index contributed by atoms with van der Waals surface area (Å²) < 4.78 is 18.5. The summed E-state index contributed by atoms with van der Waals surface area (Å²) >= 11 is 0. The van der Waals surface area contributed by atoms with Crippen molar-refractivity contribution in [3.63, 3.8) is 0 Å². The molecule has 1 atom stereocenters. The number of rotatable bonds is 7. The topological polar surface area (TPSA) is 126 Å². The molecule has 0 fully saturated rings. The highest BCUT2D eigenvalue weighted by Crippen LogP contribution is 2.28. The molecule has 9 heteroatoms. The van der Waals surface area contributed by atoms with Gasteiger partial charge in [0.25, 0.3) is 5.91 Å². The van der Waals surface area contributed by atoms with Gasteiger partial charge in [0.2, 0.25) is 0 Å². The van der Waals surface area contributed by atoms with Crippen LogP contribution in [0.1, 0.15) is 32.0 Å². The first-order chi connectivity index (χ1) is 17.7. The number of fused-ring (bicyclic) bond motifs is 1. The van der Waals surface area contributed by atoms with E-state index >= 15 is 0 Å². The summed E-state index contributed by atoms with van der Waals surface area (Å²) in [5.74, 6) is -3.00. The van der Waals surface area contributed by atoms with E-state index in [1.807, 2.05) is 0 Å². The minimum atomic E-state index is -1.26. The number of halogens is 1. The molecule has 1 heterocycles. The molecule has 37 heavy (non-hydrogen) atoms. The number of phenolic OH excluding ortho intramolecular Hbond substituents is 1. The Kier molecular flexibility index (Phi) is 7.15. The fraction of sp³-hybridized carbons (Fsp3) is 0.143. The lowest BCUT2D eigenvalue weighted by Gasteiger charge is -2.17. The molecular formula is C28H23FN2O6. The number of aryl methyl sites for hydroxylation is 1. The quantitative estimate of drug-likeness (QED) is 0.322. The van der Waals surface area contributed by atoms with Gasteiger partial charge in [0.05, 0.1) is 18.2 Å². The Labute approximate surface area is 211 Å². The lowest BCUT2D eigenvalue weighted by atomic mass is 9.99. The normalized spacial score (nSPS) is 11.6. The van der Waals surface area contributed by atoms with Gasteiger partial charge in [-0.25, -0.2) is 19.0 Å². The fourth-order valence-corrected chi connectivity index (χ4v) is 3.96. The number of methoxy groups -OCH3 is 1. The van der Waals surface area contributed by atoms with Crippen molar-refractivity contribution < 1.29 is 33.7 Å². The molecule has 0 spiro atoms. The second-order valence-electron chi connectivity index (χ2n) is 8.48. The molecule has 8 nitrogen and oxygen atoms in total. The number of ether oxygens (including phenoxy) is 1. The lowest BCUT2D eigenvalue weighted by molar-refractivity contribution is -0.142. The molecule has 1 amide bonds. The Morgan fingerprint density at radius 3 is 2.32 bits per heavy atom. The number of hydrogen-bond donors (Lipinski definition) is 3. The summed E-state index contributed by atoms with van der Waals surface area (Å²) in [6.07, 6.45) is 0.0819. The lowest BCUT2D eigenvalue weighted by Crippen LogP contribution is -2.43. The average Bonchev–Trinajstić information content (AvgIpc) is 2.89. The second-order valence-corrected chi connectivity index (χ2v) is 8.48. The van der Waals surface area contributed by atoms with Crippen LogP contribution in [0.2, 0.25) is 0 Å². The SMILES string of the molecule is COC(=O)C(Cc1ccc(O)cc1)NC(=O)c1cc(C(=O)O)c2cc(-c3ccc(F)c(C)c3)ccc2n1. The Balaban J connectivity index is 1.68. The van der Waals surface area contributed by atoms with Crippen LogP contribution in [-0.4, -0.2) is 46.2 Å².